The largest absolute Gasteiger partial charge is 0.481 e. The number of fused-ring (bicyclic) bond motifs is 24. The van der Waals surface area contributed by atoms with Gasteiger partial charge in [0, 0.05) is 37.8 Å². The van der Waals surface area contributed by atoms with Gasteiger partial charge in [0.2, 0.25) is 53.2 Å². The molecule has 3 aliphatic rings. The number of nitrogens with zero attached hydrogens (tertiary/aromatic N) is 1. The number of aliphatic hydroxyl groups excluding tert-OH is 1. The predicted octanol–water partition coefficient (Wildman–Crippen LogP) is -3.45. The second-order valence-corrected chi connectivity index (χ2v) is 17.7. The van der Waals surface area contributed by atoms with Crippen LogP contribution in [0.4, 0.5) is 17.6 Å². The van der Waals surface area contributed by atoms with Crippen molar-refractivity contribution in [2.75, 3.05) is 24.6 Å². The first-order valence-corrected chi connectivity index (χ1v) is 22.8. The van der Waals surface area contributed by atoms with E-state index in [-0.39, 0.29) is 42.9 Å². The molecule has 3 heterocycles. The summed E-state index contributed by atoms with van der Waals surface area (Å²) < 4.78 is 62.0. The van der Waals surface area contributed by atoms with Crippen molar-refractivity contribution in [3.63, 3.8) is 0 Å². The number of amides is 9. The summed E-state index contributed by atoms with van der Waals surface area (Å²) in [4.78, 5) is 152. The Hall–Kier alpha value is -6.76. The molecule has 8 atom stereocenters. The average Bonchev–Trinajstić information content (AvgIpc) is 3.77. The molecule has 31 heteroatoms. The van der Waals surface area contributed by atoms with Gasteiger partial charge in [0.05, 0.1) is 28.9 Å². The van der Waals surface area contributed by atoms with Gasteiger partial charge in [0.1, 0.15) is 42.3 Å². The average molecular weight is 1040 g/mol. The number of halogens is 4. The van der Waals surface area contributed by atoms with Crippen LogP contribution in [0.2, 0.25) is 0 Å². The second kappa shape index (κ2) is 26.3. The van der Waals surface area contributed by atoms with Crippen LogP contribution in [0, 0.1) is 23.3 Å². The van der Waals surface area contributed by atoms with Gasteiger partial charge in [-0.2, -0.15) is 0 Å². The van der Waals surface area contributed by atoms with E-state index in [0.717, 1.165) is 18.7 Å². The van der Waals surface area contributed by atoms with E-state index in [9.17, 15) is 78.0 Å². The molecule has 1 saturated heterocycles. The van der Waals surface area contributed by atoms with Crippen LogP contribution in [-0.2, 0) is 57.5 Å². The SMILES string of the molecule is CC(=O)N[C@H]1CSc2c(F)c(F)c(c(F)c2F)SC[C@@H](C(N)=O)NC(=O)[C@H](CCC(=O)O)NC(=O)CNC(=O)[C@H]([C@@H](C)O)NC(=O)[C@H](CCC(=O)O)NC(=O)[C@@H]2CCCN2C(=O)[C@H](CC(=O)O)NC1=O. The second-order valence-electron chi connectivity index (χ2n) is 15.6. The first-order chi connectivity index (χ1) is 32.7. The molecule has 0 saturated carbocycles. The number of rotatable bonds is 11. The van der Waals surface area contributed by atoms with Crippen molar-refractivity contribution < 1.29 is 95.5 Å². The lowest BCUT2D eigenvalue weighted by Gasteiger charge is -2.30. The molecule has 1 fully saturated rings. The molecule has 9 amide bonds. The maximum Gasteiger partial charge on any atom is 0.305 e. The Morgan fingerprint density at radius 1 is 0.714 bits per heavy atom. The van der Waals surface area contributed by atoms with Gasteiger partial charge in [-0.3, -0.25) is 57.5 Å². The molecule has 3 aliphatic heterocycles. The fraction of sp³-hybridized carbons (Fsp3) is 0.538. The molecular weight excluding hydrogens is 991 g/mol. The highest BCUT2D eigenvalue weighted by Gasteiger charge is 2.41. The minimum atomic E-state index is -2.05. The van der Waals surface area contributed by atoms with Crippen molar-refractivity contribution in [1.29, 1.82) is 0 Å². The predicted molar refractivity (Wildman–Crippen MR) is 230 cm³/mol. The lowest BCUT2D eigenvalue weighted by atomic mass is 10.1. The molecule has 0 spiro atoms. The van der Waals surface area contributed by atoms with E-state index >= 15 is 17.6 Å². The number of aliphatic carboxylic acids is 3. The fourth-order valence-corrected chi connectivity index (χ4v) is 8.76. The monoisotopic (exact) mass is 1040 g/mol. The molecule has 25 nitrogen and oxygen atoms in total. The Morgan fingerprint density at radius 3 is 1.73 bits per heavy atom. The summed E-state index contributed by atoms with van der Waals surface area (Å²) in [6, 6.07) is -13.0. The number of aliphatic hydroxyl groups is 1. The number of carboxylic acids is 3. The number of carbonyl (C=O) groups excluding carboxylic acids is 9. The number of nitrogens with two attached hydrogens (primary N) is 1. The number of hydrogen-bond acceptors (Lipinski definition) is 15. The van der Waals surface area contributed by atoms with Crippen molar-refractivity contribution in [3.05, 3.63) is 23.3 Å². The standard InChI is InChI=1S/C39H49F4N9O16S2/c1-14(53)30-38(67)45-11-22(55)47-16(5-7-23(56)57)34(63)50-19(33(44)62)12-69-31-26(40)28(42)32(29(43)27(31)41)70-13-20(46-15(2)54)36(65)49-18(10-25(60)61)39(68)52-9-3-4-21(52)37(66)48-17(35(64)51-30)6-8-24(58)59/h14,16-21,30,53H,3-13H2,1-2H3,(H2,44,62)(H,45,67)(H,46,54)(H,47,55)(H,48,66)(H,49,65)(H,50,63)(H,51,64)(H,56,57)(H,58,59)(H,60,61)/t14-,16+,17+,18+,19+,20+,21+,30+/m1/s1. The molecule has 0 aliphatic carbocycles. The minimum absolute atomic E-state index is 0.0481. The highest BCUT2D eigenvalue weighted by atomic mass is 32.2. The van der Waals surface area contributed by atoms with Crippen molar-refractivity contribution >= 4 is 94.6 Å². The number of carboxylic acid groups (broad SMARTS) is 3. The molecule has 386 valence electrons. The number of benzene rings is 1. The highest BCUT2D eigenvalue weighted by molar-refractivity contribution is 7.99. The molecule has 1 aromatic rings. The summed E-state index contributed by atoms with van der Waals surface area (Å²) in [6.45, 7) is 0.598. The van der Waals surface area contributed by atoms with E-state index in [1.807, 2.05) is 10.6 Å². The van der Waals surface area contributed by atoms with Crippen LogP contribution in [0.5, 0.6) is 0 Å². The molecule has 70 heavy (non-hydrogen) atoms. The molecule has 0 aromatic heterocycles. The summed E-state index contributed by atoms with van der Waals surface area (Å²) in [5.41, 5.74) is 5.35. The van der Waals surface area contributed by atoms with Gasteiger partial charge in [0.15, 0.2) is 23.3 Å². The van der Waals surface area contributed by atoms with Gasteiger partial charge in [-0.15, -0.1) is 23.5 Å². The normalized spacial score (nSPS) is 24.4. The van der Waals surface area contributed by atoms with Gasteiger partial charge in [-0.05, 0) is 32.6 Å². The van der Waals surface area contributed by atoms with Gasteiger partial charge in [-0.25, -0.2) is 17.6 Å². The molecule has 2 bridgehead atoms. The quantitative estimate of drug-likeness (QED) is 0.0582. The van der Waals surface area contributed by atoms with Crippen LogP contribution in [0.3, 0.4) is 0 Å². The number of carbonyl (C=O) groups is 12. The summed E-state index contributed by atoms with van der Waals surface area (Å²) in [6.07, 6.45) is -5.91. The summed E-state index contributed by atoms with van der Waals surface area (Å²) in [5.74, 6) is -25.8. The number of primary amides is 1. The van der Waals surface area contributed by atoms with Crippen LogP contribution < -0.4 is 43.0 Å². The molecular formula is C39H49F4N9O16S2. The first-order valence-electron chi connectivity index (χ1n) is 20.8. The van der Waals surface area contributed by atoms with Gasteiger partial charge >= 0.3 is 17.9 Å². The summed E-state index contributed by atoms with van der Waals surface area (Å²) >= 11 is -0.113. The van der Waals surface area contributed by atoms with Crippen molar-refractivity contribution in [2.45, 2.75) is 117 Å². The van der Waals surface area contributed by atoms with Crippen LogP contribution in [0.15, 0.2) is 9.79 Å². The van der Waals surface area contributed by atoms with E-state index in [4.69, 9.17) is 5.73 Å². The Kier molecular flexibility index (Phi) is 21.6. The number of hydrogen-bond donors (Lipinski definition) is 12. The highest BCUT2D eigenvalue weighted by Crippen LogP contribution is 2.36. The van der Waals surface area contributed by atoms with E-state index < -0.39 is 203 Å². The summed E-state index contributed by atoms with van der Waals surface area (Å²) in [5, 5.41) is 53.4. The third-order valence-corrected chi connectivity index (χ3v) is 12.5. The maximum atomic E-state index is 15.5. The first kappa shape index (κ1) is 57.6. The van der Waals surface area contributed by atoms with Crippen LogP contribution in [0.1, 0.15) is 58.8 Å². The van der Waals surface area contributed by atoms with E-state index in [1.54, 1.807) is 0 Å². The summed E-state index contributed by atoms with van der Waals surface area (Å²) in [7, 11) is 0. The molecule has 13 N–H and O–H groups in total. The van der Waals surface area contributed by atoms with Crippen molar-refractivity contribution in [2.24, 2.45) is 5.73 Å². The molecule has 1 aromatic carbocycles. The van der Waals surface area contributed by atoms with Crippen LogP contribution in [0.25, 0.3) is 0 Å². The lowest BCUT2D eigenvalue weighted by molar-refractivity contribution is -0.146. The van der Waals surface area contributed by atoms with E-state index in [0.29, 0.717) is 0 Å². The zero-order valence-electron chi connectivity index (χ0n) is 36.9. The van der Waals surface area contributed by atoms with E-state index in [1.165, 1.54) is 0 Å². The Bertz CT molecular complexity index is 2230. The van der Waals surface area contributed by atoms with Crippen LogP contribution in [-0.4, -0.2) is 169 Å². The smallest absolute Gasteiger partial charge is 0.305 e. The van der Waals surface area contributed by atoms with Gasteiger partial charge in [-0.1, -0.05) is 0 Å². The van der Waals surface area contributed by atoms with Gasteiger partial charge < -0.3 is 68.3 Å². The minimum Gasteiger partial charge on any atom is -0.481 e. The fourth-order valence-electron chi connectivity index (χ4n) is 6.75. The van der Waals surface area contributed by atoms with E-state index in [2.05, 4.69) is 26.6 Å². The Balaban J connectivity index is 2.13. The Labute approximate surface area is 401 Å². The number of thioether (sulfide) groups is 2. The van der Waals surface area contributed by atoms with Crippen molar-refractivity contribution in [3.8, 4) is 0 Å². The molecule has 0 unspecified atom stereocenters. The van der Waals surface area contributed by atoms with Crippen LogP contribution >= 0.6 is 23.5 Å². The zero-order chi connectivity index (χ0) is 52.7. The lowest BCUT2D eigenvalue weighted by Crippen LogP contribution is -2.60. The molecule has 0 radical (unpaired) electrons. The Morgan fingerprint density at radius 2 is 1.23 bits per heavy atom. The number of nitrogens with one attached hydrogen (secondary N) is 7. The third-order valence-electron chi connectivity index (χ3n) is 10.2. The maximum absolute atomic E-state index is 15.5. The zero-order valence-corrected chi connectivity index (χ0v) is 38.6. The van der Waals surface area contributed by atoms with Crippen molar-refractivity contribution in [1.82, 2.24) is 42.1 Å². The molecule has 4 rings (SSSR count). The third kappa shape index (κ3) is 16.4. The van der Waals surface area contributed by atoms with Gasteiger partial charge in [0.25, 0.3) is 0 Å². The topological polar surface area (TPSA) is 399 Å².